The van der Waals surface area contributed by atoms with Crippen LogP contribution in [0.4, 0.5) is 0 Å². The number of aliphatic hydroxyl groups is 2. The third kappa shape index (κ3) is 28.6. The van der Waals surface area contributed by atoms with E-state index in [1.807, 2.05) is 10.6 Å². The highest BCUT2D eigenvalue weighted by atomic mass is 16.4. The largest absolute Gasteiger partial charge is 0.481 e. The Kier molecular flexibility index (Phi) is 31.3. The molecule has 0 aliphatic rings. The number of hydrogen-bond donors (Lipinski definition) is 19. The summed E-state index contributed by atoms with van der Waals surface area (Å²) in [5, 5.41) is 86.7. The third-order valence-corrected chi connectivity index (χ3v) is 10.7. The zero-order chi connectivity index (χ0) is 60.0. The zero-order valence-electron chi connectivity index (χ0n) is 42.2. The first-order valence-corrected chi connectivity index (χ1v) is 23.5. The Morgan fingerprint density at radius 3 is 0.923 bits per heavy atom. The molecule has 10 amide bonds. The number of aliphatic hydroxyl groups excluding tert-OH is 2. The van der Waals surface area contributed by atoms with E-state index < -0.39 is 227 Å². The fourth-order valence-electron chi connectivity index (χ4n) is 6.65. The molecule has 22 N–H and O–H groups in total. The number of carboxylic acids is 5. The van der Waals surface area contributed by atoms with Crippen LogP contribution in [0.5, 0.6) is 0 Å². The summed E-state index contributed by atoms with van der Waals surface area (Å²) in [6, 6.07) is -15.7. The molecule has 9 atom stereocenters. The van der Waals surface area contributed by atoms with E-state index in [1.54, 1.807) is 0 Å². The second-order valence-electron chi connectivity index (χ2n) is 17.2. The number of aliphatic carboxylic acids is 5. The molecule has 0 aliphatic carbocycles. The van der Waals surface area contributed by atoms with E-state index >= 15 is 0 Å². The van der Waals surface area contributed by atoms with Gasteiger partial charge in [0.25, 0.3) is 0 Å². The summed E-state index contributed by atoms with van der Waals surface area (Å²) in [6.45, 7) is 5.98. The van der Waals surface area contributed by atoms with Crippen molar-refractivity contribution in [2.24, 2.45) is 17.2 Å². The van der Waals surface area contributed by atoms with Crippen molar-refractivity contribution >= 4 is 88.9 Å². The Hall–Kier alpha value is -8.95. The molecule has 0 aromatic rings. The highest BCUT2D eigenvalue weighted by Gasteiger charge is 2.35. The van der Waals surface area contributed by atoms with Crippen molar-refractivity contribution in [3.63, 3.8) is 0 Å². The van der Waals surface area contributed by atoms with Crippen LogP contribution in [0.15, 0.2) is 24.6 Å². The van der Waals surface area contributed by atoms with Gasteiger partial charge in [-0.25, -0.2) is 0 Å². The molecule has 0 radical (unpaired) electrons. The lowest BCUT2D eigenvalue weighted by Gasteiger charge is -2.29. The third-order valence-electron chi connectivity index (χ3n) is 10.7. The van der Waals surface area contributed by atoms with Gasteiger partial charge in [-0.15, -0.1) is 0 Å². The normalized spacial score (nSPS) is 14.1. The molecule has 0 saturated carbocycles. The van der Waals surface area contributed by atoms with Crippen LogP contribution in [-0.2, 0) is 71.9 Å². The van der Waals surface area contributed by atoms with Crippen molar-refractivity contribution in [3.05, 3.63) is 24.6 Å². The summed E-state index contributed by atoms with van der Waals surface area (Å²) in [5.41, 5.74) is 15.8. The van der Waals surface area contributed by atoms with Crippen molar-refractivity contribution < 1.29 is 108 Å². The monoisotopic (exact) mass is 1120 g/mol. The van der Waals surface area contributed by atoms with Crippen molar-refractivity contribution in [1.29, 1.82) is 0 Å². The second kappa shape index (κ2) is 35.3. The van der Waals surface area contributed by atoms with Crippen molar-refractivity contribution in [2.75, 3.05) is 13.2 Å². The molecule has 0 spiro atoms. The Morgan fingerprint density at radius 2 is 0.603 bits per heavy atom. The van der Waals surface area contributed by atoms with Crippen LogP contribution in [0.25, 0.3) is 0 Å². The number of amides is 10. The topological polar surface area (TPSA) is 584 Å². The van der Waals surface area contributed by atoms with E-state index in [0.717, 1.165) is 6.92 Å². The SMILES string of the molecule is C=C(N)C(CCC(N)=O)NC(=O)[C@@H](CCC(=O)O)NC(=C)C(CCC(=O)O)NC(=O)[C@@H](CCC(=O)O)NC(=O)C(CO)NC(=O)[C@@H](CCC(N)=O)NC(=O)C(CC(=O)O)NC(=O)[C@@H](CCC(=O)O)NC(=O)C(CO)NC(C)=O. The van der Waals surface area contributed by atoms with Gasteiger partial charge in [-0.2, -0.15) is 0 Å². The van der Waals surface area contributed by atoms with Crippen LogP contribution in [0.1, 0.15) is 90.4 Å². The van der Waals surface area contributed by atoms with Crippen LogP contribution in [0.3, 0.4) is 0 Å². The number of primary amides is 2. The van der Waals surface area contributed by atoms with Crippen LogP contribution in [0.2, 0.25) is 0 Å². The van der Waals surface area contributed by atoms with Crippen molar-refractivity contribution in [2.45, 2.75) is 145 Å². The number of nitrogens with two attached hydrogens (primary N) is 3. The molecule has 78 heavy (non-hydrogen) atoms. The van der Waals surface area contributed by atoms with Gasteiger partial charge in [0.05, 0.1) is 31.7 Å². The minimum Gasteiger partial charge on any atom is -0.481 e. The zero-order valence-corrected chi connectivity index (χ0v) is 42.2. The predicted octanol–water partition coefficient (Wildman–Crippen LogP) is -7.72. The fraction of sp³-hybridized carbons (Fsp3) is 0.568. The number of rotatable bonds is 41. The summed E-state index contributed by atoms with van der Waals surface area (Å²) in [5.74, 6) is -19.2. The molecule has 0 aromatic carbocycles. The summed E-state index contributed by atoms with van der Waals surface area (Å²) < 4.78 is 0. The average molecular weight is 1120 g/mol. The molecule has 0 fully saturated rings. The number of carbonyl (C=O) groups excluding carboxylic acids is 10. The molecule has 0 bridgehead atoms. The molecule has 0 heterocycles. The van der Waals surface area contributed by atoms with Crippen molar-refractivity contribution in [3.8, 4) is 0 Å². The number of nitrogens with one attached hydrogen (secondary N) is 9. The van der Waals surface area contributed by atoms with Crippen LogP contribution in [0, 0.1) is 0 Å². The molecule has 34 nitrogen and oxygen atoms in total. The molecule has 0 saturated heterocycles. The predicted molar refractivity (Wildman–Crippen MR) is 261 cm³/mol. The summed E-state index contributed by atoms with van der Waals surface area (Å²) in [4.78, 5) is 187. The highest BCUT2D eigenvalue weighted by molar-refractivity contribution is 5.98. The first kappa shape index (κ1) is 69.0. The lowest BCUT2D eigenvalue weighted by molar-refractivity contribution is -0.142. The molecule has 5 unspecified atom stereocenters. The van der Waals surface area contributed by atoms with Gasteiger partial charge in [-0.1, -0.05) is 13.2 Å². The number of carboxylic acid groups (broad SMARTS) is 5. The van der Waals surface area contributed by atoms with Crippen LogP contribution < -0.4 is 65.1 Å². The van der Waals surface area contributed by atoms with Crippen LogP contribution in [-0.4, -0.2) is 192 Å². The maximum Gasteiger partial charge on any atom is 0.305 e. The van der Waals surface area contributed by atoms with Gasteiger partial charge in [0.15, 0.2) is 0 Å². The summed E-state index contributed by atoms with van der Waals surface area (Å²) in [7, 11) is 0. The van der Waals surface area contributed by atoms with Gasteiger partial charge in [-0.3, -0.25) is 71.9 Å². The standard InChI is InChI=1S/C44H68N12O22/c1-19(45)22(4-10-31(46)60)50-38(72)24(7-13-34(64)65)48-20(2)23(6-12-33(62)63)51-39(73)26(8-14-35(66)67)54-44(78)30(18-58)56-41(75)25(5-11-32(47)61)52-42(76)28(16-37(70)71)55-40(74)27(9-15-36(68)69)53-43(77)29(17-57)49-21(3)59/h22-30,48,57-58H,1-2,4-18,45H2,3H3,(H2,46,60)(H2,47,61)(H,49,59)(H,50,72)(H,51,73)(H,52,76)(H,53,77)(H,54,78)(H,55,74)(H,56,75)(H,62,63)(H,64,65)(H,66,67)(H,68,69)(H,70,71)/t22?,23?,24-,25-,26-,27-,28?,29?,30?/m1/s1. The molecule has 0 aromatic heterocycles. The molecule has 0 rings (SSSR count). The quantitative estimate of drug-likeness (QED) is 0.0270. The Morgan fingerprint density at radius 1 is 0.346 bits per heavy atom. The molecule has 0 aliphatic heterocycles. The van der Waals surface area contributed by atoms with Crippen LogP contribution >= 0.6 is 0 Å². The van der Waals surface area contributed by atoms with Gasteiger partial charge < -0.3 is 101 Å². The maximum atomic E-state index is 13.9. The first-order chi connectivity index (χ1) is 36.3. The smallest absolute Gasteiger partial charge is 0.305 e. The van der Waals surface area contributed by atoms with E-state index in [2.05, 4.69) is 50.4 Å². The summed E-state index contributed by atoms with van der Waals surface area (Å²) in [6.07, 6.45) is -8.35. The number of carbonyl (C=O) groups is 15. The maximum absolute atomic E-state index is 13.9. The lowest BCUT2D eigenvalue weighted by Crippen LogP contribution is -2.61. The van der Waals surface area contributed by atoms with Gasteiger partial charge in [0, 0.05) is 56.8 Å². The molecular weight excluding hydrogens is 1050 g/mol. The second-order valence-corrected chi connectivity index (χ2v) is 17.2. The highest BCUT2D eigenvalue weighted by Crippen LogP contribution is 2.13. The Balaban J connectivity index is 6.80. The number of hydrogen-bond acceptors (Lipinski definition) is 19. The Labute approximate surface area is 443 Å². The van der Waals surface area contributed by atoms with Gasteiger partial charge in [0.1, 0.15) is 42.3 Å². The summed E-state index contributed by atoms with van der Waals surface area (Å²) >= 11 is 0. The van der Waals surface area contributed by atoms with Gasteiger partial charge in [0.2, 0.25) is 59.1 Å². The molecular formula is C44H68N12O22. The molecule has 436 valence electrons. The minimum absolute atomic E-state index is 0.113. The van der Waals surface area contributed by atoms with Gasteiger partial charge >= 0.3 is 29.8 Å². The fourth-order valence-corrected chi connectivity index (χ4v) is 6.65. The first-order valence-electron chi connectivity index (χ1n) is 23.5. The van der Waals surface area contributed by atoms with Gasteiger partial charge in [-0.05, 0) is 38.5 Å². The van der Waals surface area contributed by atoms with Crippen molar-refractivity contribution in [1.82, 2.24) is 47.9 Å². The lowest BCUT2D eigenvalue weighted by atomic mass is 10.0. The van der Waals surface area contributed by atoms with E-state index in [9.17, 15) is 108 Å². The van der Waals surface area contributed by atoms with E-state index in [1.165, 1.54) is 0 Å². The Bertz CT molecular complexity index is 2260. The molecule has 34 heteroatoms. The van der Waals surface area contributed by atoms with E-state index in [4.69, 9.17) is 17.2 Å². The average Bonchev–Trinajstić information content (AvgIpc) is 3.33. The van der Waals surface area contributed by atoms with E-state index in [0.29, 0.717) is 0 Å². The minimum atomic E-state index is -2.15. The van der Waals surface area contributed by atoms with E-state index in [-0.39, 0.29) is 24.2 Å².